The molecule has 0 radical (unpaired) electrons. The fraction of sp³-hybridized carbons (Fsp3) is 0.500. The van der Waals surface area contributed by atoms with Crippen LogP contribution in [-0.2, 0) is 0 Å². The van der Waals surface area contributed by atoms with Gasteiger partial charge < -0.3 is 20.5 Å². The first-order chi connectivity index (χ1) is 9.22. The summed E-state index contributed by atoms with van der Waals surface area (Å²) in [5, 5.41) is 3.05. The van der Waals surface area contributed by atoms with Crippen LogP contribution in [-0.4, -0.2) is 26.7 Å². The molecule has 0 bridgehead atoms. The van der Waals surface area contributed by atoms with Crippen LogP contribution in [0, 0.1) is 5.92 Å². The minimum atomic E-state index is 0. The van der Waals surface area contributed by atoms with Crippen LogP contribution < -0.4 is 20.5 Å². The zero-order valence-corrected chi connectivity index (χ0v) is 14.2. The monoisotopic (exact) mass is 391 g/mol. The summed E-state index contributed by atoms with van der Waals surface area (Å²) in [6.07, 6.45) is 3.82. The molecule has 5 nitrogen and oxygen atoms in total. The molecule has 0 spiro atoms. The van der Waals surface area contributed by atoms with Crippen molar-refractivity contribution in [1.29, 1.82) is 0 Å². The number of ether oxygens (including phenoxy) is 2. The molecule has 0 saturated heterocycles. The normalized spacial score (nSPS) is 14.4. The van der Waals surface area contributed by atoms with Crippen molar-refractivity contribution in [3.63, 3.8) is 0 Å². The maximum atomic E-state index is 5.84. The summed E-state index contributed by atoms with van der Waals surface area (Å²) in [6.45, 7) is 0.788. The fourth-order valence-corrected chi connectivity index (χ4v) is 1.88. The van der Waals surface area contributed by atoms with Gasteiger partial charge in [-0.15, -0.1) is 24.0 Å². The molecule has 6 heteroatoms. The molecule has 0 amide bonds. The van der Waals surface area contributed by atoms with E-state index in [-0.39, 0.29) is 24.0 Å². The van der Waals surface area contributed by atoms with Crippen molar-refractivity contribution >= 4 is 35.6 Å². The molecule has 1 aliphatic carbocycles. The molecule has 2 rings (SSSR count). The highest BCUT2D eigenvalue weighted by atomic mass is 127. The third kappa shape index (κ3) is 5.07. The summed E-state index contributed by atoms with van der Waals surface area (Å²) < 4.78 is 10.4. The summed E-state index contributed by atoms with van der Waals surface area (Å²) in [6, 6.07) is 5.55. The molecule has 0 atom stereocenters. The van der Waals surface area contributed by atoms with Gasteiger partial charge in [0.25, 0.3) is 0 Å². The zero-order chi connectivity index (χ0) is 13.7. The highest BCUT2D eigenvalue weighted by Crippen LogP contribution is 2.32. The Bertz CT molecular complexity index is 462. The lowest BCUT2D eigenvalue weighted by Crippen LogP contribution is -2.22. The van der Waals surface area contributed by atoms with Crippen LogP contribution in [0.1, 0.15) is 19.3 Å². The van der Waals surface area contributed by atoms with Crippen molar-refractivity contribution in [3.05, 3.63) is 18.2 Å². The molecule has 1 aliphatic rings. The number of rotatable bonds is 6. The lowest BCUT2D eigenvalue weighted by Gasteiger charge is -2.10. The lowest BCUT2D eigenvalue weighted by molar-refractivity contribution is 0.355. The molecule has 0 heterocycles. The Morgan fingerprint density at radius 1 is 1.30 bits per heavy atom. The van der Waals surface area contributed by atoms with E-state index in [4.69, 9.17) is 15.2 Å². The van der Waals surface area contributed by atoms with Gasteiger partial charge in [0.2, 0.25) is 0 Å². The summed E-state index contributed by atoms with van der Waals surface area (Å²) in [4.78, 5) is 4.31. The summed E-state index contributed by atoms with van der Waals surface area (Å²) >= 11 is 0. The molecule has 3 N–H and O–H groups in total. The molecular weight excluding hydrogens is 369 g/mol. The quantitative estimate of drug-likeness (QED) is 0.445. The van der Waals surface area contributed by atoms with E-state index in [0.29, 0.717) is 17.5 Å². The van der Waals surface area contributed by atoms with Crippen LogP contribution in [0.2, 0.25) is 0 Å². The minimum Gasteiger partial charge on any atom is -0.493 e. The van der Waals surface area contributed by atoms with Gasteiger partial charge in [0.15, 0.2) is 17.5 Å². The first kappa shape index (κ1) is 16.9. The van der Waals surface area contributed by atoms with Crippen LogP contribution >= 0.6 is 24.0 Å². The Hall–Kier alpha value is -1.18. The lowest BCUT2D eigenvalue weighted by atomic mass is 10.3. The van der Waals surface area contributed by atoms with Gasteiger partial charge in [-0.1, -0.05) is 12.8 Å². The summed E-state index contributed by atoms with van der Waals surface area (Å²) in [7, 11) is 3.22. The number of guanidine groups is 1. The number of benzene rings is 1. The van der Waals surface area contributed by atoms with E-state index in [0.717, 1.165) is 24.6 Å². The largest absolute Gasteiger partial charge is 0.493 e. The van der Waals surface area contributed by atoms with Gasteiger partial charge in [-0.25, -0.2) is 0 Å². The van der Waals surface area contributed by atoms with Crippen LogP contribution in [0.3, 0.4) is 0 Å². The number of hydrogen-bond acceptors (Lipinski definition) is 3. The number of nitrogens with one attached hydrogen (secondary N) is 1. The molecule has 0 aliphatic heterocycles. The molecule has 112 valence electrons. The fourth-order valence-electron chi connectivity index (χ4n) is 1.88. The first-order valence-corrected chi connectivity index (χ1v) is 6.52. The Balaban J connectivity index is 0.00000200. The van der Waals surface area contributed by atoms with Crippen LogP contribution in [0.5, 0.6) is 11.5 Å². The molecule has 1 aromatic rings. The summed E-state index contributed by atoms with van der Waals surface area (Å²) in [5.41, 5.74) is 6.68. The average Bonchev–Trinajstić information content (AvgIpc) is 3.22. The Kier molecular flexibility index (Phi) is 6.90. The molecule has 1 fully saturated rings. The second-order valence-corrected chi connectivity index (χ2v) is 4.69. The van der Waals surface area contributed by atoms with Crippen LogP contribution in [0.25, 0.3) is 0 Å². The van der Waals surface area contributed by atoms with E-state index in [1.54, 1.807) is 14.2 Å². The smallest absolute Gasteiger partial charge is 0.193 e. The van der Waals surface area contributed by atoms with Gasteiger partial charge in [0.1, 0.15) is 0 Å². The Labute approximate surface area is 137 Å². The number of nitrogens with two attached hydrogens (primary N) is 1. The van der Waals surface area contributed by atoms with E-state index in [2.05, 4.69) is 10.3 Å². The van der Waals surface area contributed by atoms with Crippen LogP contribution in [0.4, 0.5) is 5.69 Å². The van der Waals surface area contributed by atoms with Gasteiger partial charge in [-0.05, 0) is 24.5 Å². The first-order valence-electron chi connectivity index (χ1n) is 6.52. The summed E-state index contributed by atoms with van der Waals surface area (Å²) in [5.74, 6) is 2.67. The number of halogens is 1. The third-order valence-electron chi connectivity index (χ3n) is 3.17. The highest BCUT2D eigenvalue weighted by molar-refractivity contribution is 14.0. The molecular formula is C14H22IN3O2. The highest BCUT2D eigenvalue weighted by Gasteiger charge is 2.20. The zero-order valence-electron chi connectivity index (χ0n) is 11.9. The van der Waals surface area contributed by atoms with Crippen LogP contribution in [0.15, 0.2) is 23.2 Å². The van der Waals surface area contributed by atoms with Gasteiger partial charge >= 0.3 is 0 Å². The SMILES string of the molecule is COc1ccc(NC(N)=NCCC2CC2)cc1OC.I. The van der Waals surface area contributed by atoms with Crippen molar-refractivity contribution in [1.82, 2.24) is 0 Å². The van der Waals surface area contributed by atoms with Crippen molar-refractivity contribution in [3.8, 4) is 11.5 Å². The predicted molar refractivity (Wildman–Crippen MR) is 92.4 cm³/mol. The predicted octanol–water partition coefficient (Wildman–Crippen LogP) is 2.85. The number of hydrogen-bond donors (Lipinski definition) is 2. The number of aliphatic imine (C=N–C) groups is 1. The number of nitrogens with zero attached hydrogens (tertiary/aromatic N) is 1. The van der Waals surface area contributed by atoms with Crippen molar-refractivity contribution in [2.24, 2.45) is 16.6 Å². The second-order valence-electron chi connectivity index (χ2n) is 4.69. The maximum absolute atomic E-state index is 5.84. The van der Waals surface area contributed by atoms with Gasteiger partial charge in [0, 0.05) is 18.3 Å². The van der Waals surface area contributed by atoms with E-state index >= 15 is 0 Å². The van der Waals surface area contributed by atoms with E-state index < -0.39 is 0 Å². The Morgan fingerprint density at radius 2 is 2.00 bits per heavy atom. The van der Waals surface area contributed by atoms with E-state index in [1.165, 1.54) is 12.8 Å². The van der Waals surface area contributed by atoms with Gasteiger partial charge in [-0.2, -0.15) is 0 Å². The van der Waals surface area contributed by atoms with Crippen molar-refractivity contribution < 1.29 is 9.47 Å². The van der Waals surface area contributed by atoms with Gasteiger partial charge in [0.05, 0.1) is 14.2 Å². The Morgan fingerprint density at radius 3 is 2.60 bits per heavy atom. The standard InChI is InChI=1S/C14H21N3O2.HI/c1-18-12-6-5-11(9-13(12)19-2)17-14(15)16-8-7-10-3-4-10;/h5-6,9-10H,3-4,7-8H2,1-2H3,(H3,15,16,17);1H. The molecule has 0 aromatic heterocycles. The molecule has 20 heavy (non-hydrogen) atoms. The average molecular weight is 391 g/mol. The number of anilines is 1. The van der Waals surface area contributed by atoms with Gasteiger partial charge in [-0.3, -0.25) is 4.99 Å². The third-order valence-corrected chi connectivity index (χ3v) is 3.17. The minimum absolute atomic E-state index is 0. The van der Waals surface area contributed by atoms with E-state index in [9.17, 15) is 0 Å². The number of methoxy groups -OCH3 is 2. The molecule has 1 saturated carbocycles. The second kappa shape index (κ2) is 8.18. The van der Waals surface area contributed by atoms with Crippen molar-refractivity contribution in [2.45, 2.75) is 19.3 Å². The van der Waals surface area contributed by atoms with Crippen molar-refractivity contribution in [2.75, 3.05) is 26.1 Å². The molecule has 1 aromatic carbocycles. The molecule has 0 unspecified atom stereocenters. The maximum Gasteiger partial charge on any atom is 0.193 e. The van der Waals surface area contributed by atoms with E-state index in [1.807, 2.05) is 18.2 Å². The topological polar surface area (TPSA) is 68.9 Å².